The molecular weight excluding hydrogens is 1500 g/mol. The Balaban J connectivity index is -0.0000461. The molecule has 0 aromatic carbocycles. The van der Waals surface area contributed by atoms with Crippen LogP contribution in [0, 0.1) is 39.9 Å². The molecule has 0 heterocycles. The minimum atomic E-state index is -2.15. The van der Waals surface area contributed by atoms with E-state index in [9.17, 15) is 140 Å². The van der Waals surface area contributed by atoms with E-state index in [1.807, 2.05) is 0 Å². The standard InChI is InChI=1S/C50H87N11O36.Gd.H2O/c62-18-30(70)47(90)43(86)26(66)9-53-94-22-36(76)60(37(77)23-95-54-10-27(67)44(87)48(91)31(71)19-63)3-1-51-34(74)13-58(16-41(82)83)7-5-57(15-40(80)81)6-8-59(17-42(84)85)14-35(75)52-2-4-61(38(78)24-96-55-11-28(68)45(88)49(92)32(72)20-64)39(79)25-97-56-12-29(69)46(89)50(93)33(73)21-65;;/h9-12,26-33,43-50,62-73,86-93H,1-8,13-25H2,(H,51,74)(H,52,75)(H,80,81)(H,82,83)(H,84,85);;1H2/q;+3;/p-3/b53-9+,54-10+,55-11+,56-12+;;/t26?,27?,28?,29?,30?,31?,32?,33?,43-,44-,45-,46?,47+,48?,49+,50+;;/m0../s1. The van der Waals surface area contributed by atoms with Crippen molar-refractivity contribution >= 4 is 78.2 Å². The van der Waals surface area contributed by atoms with Gasteiger partial charge in [0.25, 0.3) is 23.6 Å². The molecule has 6 amide bonds. The van der Waals surface area contributed by atoms with Crippen LogP contribution in [-0.2, 0) is 62.5 Å². The van der Waals surface area contributed by atoms with E-state index in [0.717, 1.165) is 14.7 Å². The normalized spacial score (nSPS) is 16.7. The molecule has 10 unspecified atom stereocenters. The van der Waals surface area contributed by atoms with Crippen LogP contribution in [0.3, 0.4) is 0 Å². The maximum atomic E-state index is 13.2. The molecule has 0 aromatic heterocycles. The summed E-state index contributed by atoms with van der Waals surface area (Å²) in [4.78, 5) is 137. The number of imide groups is 2. The van der Waals surface area contributed by atoms with Gasteiger partial charge in [-0.3, -0.25) is 53.3 Å². The van der Waals surface area contributed by atoms with Gasteiger partial charge in [0.2, 0.25) is 11.8 Å². The Hall–Kier alpha value is -6.13. The number of aliphatic hydroxyl groups excluding tert-OH is 20. The molecular formula is C50H86GdN11O37. The summed E-state index contributed by atoms with van der Waals surface area (Å²) in [6.07, 6.45) is -31.1. The molecule has 16 atom stereocenters. The number of aliphatic carboxylic acids is 3. The maximum Gasteiger partial charge on any atom is 3.00 e. The molecule has 0 bridgehead atoms. The van der Waals surface area contributed by atoms with Crippen LogP contribution in [0.2, 0.25) is 0 Å². The van der Waals surface area contributed by atoms with Crippen molar-refractivity contribution < 1.29 is 225 Å². The van der Waals surface area contributed by atoms with Crippen molar-refractivity contribution in [1.29, 1.82) is 0 Å². The molecule has 99 heavy (non-hydrogen) atoms. The fraction of sp³-hybridized carbons (Fsp3) is 0.740. The molecule has 1 radical (unpaired) electrons. The molecule has 24 N–H and O–H groups in total. The zero-order valence-corrected chi connectivity index (χ0v) is 54.5. The van der Waals surface area contributed by atoms with E-state index >= 15 is 0 Å². The molecule has 571 valence electrons. The third kappa shape index (κ3) is 40.2. The van der Waals surface area contributed by atoms with Crippen molar-refractivity contribution in [2.75, 3.05) is 138 Å². The Morgan fingerprint density at radius 2 is 0.556 bits per heavy atom. The Morgan fingerprint density at radius 1 is 0.343 bits per heavy atom. The van der Waals surface area contributed by atoms with E-state index in [-0.39, 0.29) is 45.4 Å². The Morgan fingerprint density at radius 3 is 0.768 bits per heavy atom. The molecule has 0 saturated carbocycles. The number of oxime groups is 4. The number of carbonyl (C=O) groups excluding carboxylic acids is 9. The minimum Gasteiger partial charge on any atom is -0.549 e. The first-order chi connectivity index (χ1) is 45.6. The molecule has 0 aliphatic carbocycles. The summed E-state index contributed by atoms with van der Waals surface area (Å²) in [6, 6.07) is 0. The third-order valence-electron chi connectivity index (χ3n) is 12.8. The van der Waals surface area contributed by atoms with Gasteiger partial charge in [0.15, 0.2) is 26.4 Å². The first-order valence-corrected chi connectivity index (χ1v) is 28.5. The summed E-state index contributed by atoms with van der Waals surface area (Å²) in [7, 11) is 0. The van der Waals surface area contributed by atoms with Crippen LogP contribution in [0.25, 0.3) is 0 Å². The van der Waals surface area contributed by atoms with E-state index in [1.54, 1.807) is 0 Å². The number of rotatable bonds is 54. The largest absolute Gasteiger partial charge is 3.00 e. The minimum absolute atomic E-state index is 0. The van der Waals surface area contributed by atoms with Gasteiger partial charge in [0.05, 0.1) is 82.3 Å². The average molecular weight is 1590 g/mol. The number of nitrogens with zero attached hydrogens (tertiary/aromatic N) is 9. The number of carbonyl (C=O) groups is 9. The van der Waals surface area contributed by atoms with Crippen LogP contribution in [0.15, 0.2) is 20.6 Å². The molecule has 0 spiro atoms. The fourth-order valence-electron chi connectivity index (χ4n) is 7.33. The molecule has 0 rings (SSSR count). The molecule has 0 aromatic rings. The number of carboxylic acids is 3. The van der Waals surface area contributed by atoms with Gasteiger partial charge in [0.1, 0.15) is 97.7 Å². The smallest absolute Gasteiger partial charge is 0.549 e. The quantitative estimate of drug-likeness (QED) is 0.0199. The first kappa shape index (κ1) is 97.1. The summed E-state index contributed by atoms with van der Waals surface area (Å²) >= 11 is 0. The molecule has 48 nitrogen and oxygen atoms in total. The van der Waals surface area contributed by atoms with Gasteiger partial charge < -0.3 is 167 Å². The van der Waals surface area contributed by atoms with E-state index in [1.165, 1.54) is 0 Å². The Labute approximate surface area is 592 Å². The molecule has 0 fully saturated rings. The summed E-state index contributed by atoms with van der Waals surface area (Å²) < 4.78 is 0. The Bertz CT molecular complexity index is 2240. The number of carboxylic acid groups (broad SMARTS) is 3. The molecule has 0 saturated heterocycles. The van der Waals surface area contributed by atoms with Crippen LogP contribution in [0.5, 0.6) is 0 Å². The molecule has 49 heteroatoms. The topological polar surface area (TPSA) is 786 Å². The van der Waals surface area contributed by atoms with Gasteiger partial charge in [-0.25, -0.2) is 0 Å². The summed E-state index contributed by atoms with van der Waals surface area (Å²) in [5.74, 6) is -12.4. The van der Waals surface area contributed by atoms with Crippen molar-refractivity contribution in [2.45, 2.75) is 97.7 Å². The summed E-state index contributed by atoms with van der Waals surface area (Å²) in [6.45, 7) is -17.9. The second-order valence-corrected chi connectivity index (χ2v) is 20.4. The van der Waals surface area contributed by atoms with Crippen LogP contribution < -0.4 is 26.0 Å². The van der Waals surface area contributed by atoms with E-state index in [2.05, 4.69) is 31.3 Å². The summed E-state index contributed by atoms with van der Waals surface area (Å²) in [5, 5.41) is 245. The predicted octanol–water partition coefficient (Wildman–Crippen LogP) is -23.0. The van der Waals surface area contributed by atoms with Crippen LogP contribution in [0.1, 0.15) is 0 Å². The van der Waals surface area contributed by atoms with Gasteiger partial charge in [-0.15, -0.1) is 0 Å². The van der Waals surface area contributed by atoms with Gasteiger partial charge in [-0.2, -0.15) is 0 Å². The monoisotopic (exact) mass is 1590 g/mol. The van der Waals surface area contributed by atoms with Crippen molar-refractivity contribution in [2.24, 2.45) is 20.6 Å². The van der Waals surface area contributed by atoms with Crippen molar-refractivity contribution in [3.8, 4) is 0 Å². The number of hydrogen-bond donors (Lipinski definition) is 22. The van der Waals surface area contributed by atoms with Crippen molar-refractivity contribution in [3.63, 3.8) is 0 Å². The second-order valence-electron chi connectivity index (χ2n) is 20.4. The van der Waals surface area contributed by atoms with E-state index in [4.69, 9.17) is 39.8 Å². The number of hydrogen-bond acceptors (Lipinski definition) is 43. The fourth-order valence-corrected chi connectivity index (χ4v) is 7.33. The predicted molar refractivity (Wildman–Crippen MR) is 310 cm³/mol. The third-order valence-corrected chi connectivity index (χ3v) is 12.8. The van der Waals surface area contributed by atoms with Crippen molar-refractivity contribution in [1.82, 2.24) is 35.1 Å². The van der Waals surface area contributed by atoms with Crippen molar-refractivity contribution in [3.05, 3.63) is 0 Å². The maximum absolute atomic E-state index is 13.2. The summed E-state index contributed by atoms with van der Waals surface area (Å²) in [5.41, 5.74) is 0. The van der Waals surface area contributed by atoms with Crippen LogP contribution in [-0.4, -0.2) is 446 Å². The SMILES string of the molecule is O.O=C([O-])CN(CCN(CC(=O)[O-])CC(=O)NCCN(C(=O)CO/N=C/C(O)C(O)[C@H](O)C(O)CO)C(=O)CO/N=C/C(O)[C@H](O)[C@H](O)C(O)CO)CCN(CC(=O)[O-])CC(=O)NCCN(C(=O)CO/N=C/C(O)[C@H](O)C(O)C(O)CO)C(=O)CO/N=C/C(O)[C@H](O)[C@H](O)C(O)CO.[Gd+3]. The molecule has 0 aliphatic heterocycles. The number of aliphatic hydroxyl groups is 20. The zero-order chi connectivity index (χ0) is 74.1. The van der Waals surface area contributed by atoms with Crippen LogP contribution in [0.4, 0.5) is 0 Å². The van der Waals surface area contributed by atoms with E-state index < -0.39 is 289 Å². The Kier molecular flexibility index (Phi) is 52.6. The van der Waals surface area contributed by atoms with Gasteiger partial charge in [-0.05, 0) is 0 Å². The van der Waals surface area contributed by atoms with Crippen LogP contribution >= 0.6 is 0 Å². The van der Waals surface area contributed by atoms with E-state index in [0.29, 0.717) is 34.7 Å². The van der Waals surface area contributed by atoms with Gasteiger partial charge in [-0.1, -0.05) is 20.6 Å². The second kappa shape index (κ2) is 53.7. The average Bonchev–Trinajstić information content (AvgIpc) is 0.948. The number of amides is 6. The van der Waals surface area contributed by atoms with Gasteiger partial charge >= 0.3 is 39.9 Å². The van der Waals surface area contributed by atoms with Gasteiger partial charge in [0, 0.05) is 72.0 Å². The molecule has 0 aliphatic rings. The zero-order valence-electron chi connectivity index (χ0n) is 52.3. The number of nitrogens with one attached hydrogen (secondary N) is 2. The first-order valence-electron chi connectivity index (χ1n) is 28.5.